The van der Waals surface area contributed by atoms with Crippen molar-refractivity contribution < 1.29 is 19.1 Å². The molecule has 164 valence electrons. The topological polar surface area (TPSA) is 90.6 Å². The highest BCUT2D eigenvalue weighted by Gasteiger charge is 2.25. The molecule has 32 heavy (non-hydrogen) atoms. The predicted octanol–water partition coefficient (Wildman–Crippen LogP) is 4.58. The lowest BCUT2D eigenvalue weighted by atomic mass is 10.1. The maximum Gasteiger partial charge on any atom is 0.251 e. The number of aryl methyl sites for hydroxylation is 1. The average molecular weight is 449 g/mol. The van der Waals surface area contributed by atoms with Gasteiger partial charge < -0.3 is 20.5 Å². The maximum absolute atomic E-state index is 12.5. The monoisotopic (exact) mass is 448 g/mol. The van der Waals surface area contributed by atoms with Crippen LogP contribution in [0, 0.1) is 0 Å². The van der Waals surface area contributed by atoms with Crippen molar-refractivity contribution in [2.45, 2.75) is 25.9 Å². The Labute approximate surface area is 190 Å². The lowest BCUT2D eigenvalue weighted by molar-refractivity contribution is -0.111. The van der Waals surface area contributed by atoms with Crippen molar-refractivity contribution in [1.82, 2.24) is 0 Å². The standard InChI is InChI=1S/C25H24N2O4S/c1-30-20-14-16(10-12-19(20)31-15-17-6-3-2-4-7-17)11-13-22(28)27-25-23(24(26)29)18-8-5-9-21(18)32-25/h2-4,6-7,10-14H,5,8-9,15H2,1H3,(H2,26,29)(H,27,28)/b13-11+. The van der Waals surface area contributed by atoms with E-state index < -0.39 is 5.91 Å². The molecule has 7 heteroatoms. The summed E-state index contributed by atoms with van der Waals surface area (Å²) in [7, 11) is 1.58. The summed E-state index contributed by atoms with van der Waals surface area (Å²) >= 11 is 1.44. The van der Waals surface area contributed by atoms with E-state index >= 15 is 0 Å². The van der Waals surface area contributed by atoms with Gasteiger partial charge in [0.25, 0.3) is 5.91 Å². The van der Waals surface area contributed by atoms with Crippen molar-refractivity contribution >= 4 is 34.2 Å². The number of ether oxygens (including phenoxy) is 2. The summed E-state index contributed by atoms with van der Waals surface area (Å²) < 4.78 is 11.3. The van der Waals surface area contributed by atoms with Gasteiger partial charge in [-0.3, -0.25) is 9.59 Å². The highest BCUT2D eigenvalue weighted by molar-refractivity contribution is 7.17. The molecule has 1 heterocycles. The summed E-state index contributed by atoms with van der Waals surface area (Å²) in [4.78, 5) is 25.5. The third-order valence-electron chi connectivity index (χ3n) is 5.26. The van der Waals surface area contributed by atoms with Crippen LogP contribution in [0.15, 0.2) is 54.6 Å². The molecule has 2 amide bonds. The summed E-state index contributed by atoms with van der Waals surface area (Å²) in [5.74, 6) is 0.377. The van der Waals surface area contributed by atoms with Crippen molar-refractivity contribution in [3.8, 4) is 11.5 Å². The second-order valence-electron chi connectivity index (χ2n) is 7.43. The normalized spacial score (nSPS) is 12.5. The van der Waals surface area contributed by atoms with E-state index in [1.165, 1.54) is 17.4 Å². The van der Waals surface area contributed by atoms with Gasteiger partial charge in [-0.15, -0.1) is 11.3 Å². The minimum Gasteiger partial charge on any atom is -0.493 e. The number of nitrogens with two attached hydrogens (primary N) is 1. The highest BCUT2D eigenvalue weighted by atomic mass is 32.1. The van der Waals surface area contributed by atoms with Gasteiger partial charge in [-0.25, -0.2) is 0 Å². The Balaban J connectivity index is 1.43. The molecule has 0 atom stereocenters. The van der Waals surface area contributed by atoms with Crippen LogP contribution in [0.4, 0.5) is 5.00 Å². The fourth-order valence-corrected chi connectivity index (χ4v) is 5.02. The van der Waals surface area contributed by atoms with E-state index in [9.17, 15) is 9.59 Å². The van der Waals surface area contributed by atoms with Crippen LogP contribution in [-0.2, 0) is 24.2 Å². The summed E-state index contributed by atoms with van der Waals surface area (Å²) in [6, 6.07) is 15.3. The van der Waals surface area contributed by atoms with Crippen molar-refractivity contribution in [2.24, 2.45) is 5.73 Å². The maximum atomic E-state index is 12.5. The van der Waals surface area contributed by atoms with Crippen LogP contribution < -0.4 is 20.5 Å². The third kappa shape index (κ3) is 4.84. The Bertz CT molecular complexity index is 1170. The molecule has 4 rings (SSSR count). The molecule has 0 fully saturated rings. The number of hydrogen-bond acceptors (Lipinski definition) is 5. The Hall–Kier alpha value is -3.58. The number of carbonyl (C=O) groups excluding carboxylic acids is 2. The number of rotatable bonds is 8. The molecule has 0 spiro atoms. The Morgan fingerprint density at radius 3 is 2.69 bits per heavy atom. The first-order valence-corrected chi connectivity index (χ1v) is 11.1. The summed E-state index contributed by atoms with van der Waals surface area (Å²) in [6.45, 7) is 0.432. The van der Waals surface area contributed by atoms with Crippen LogP contribution in [0.5, 0.6) is 11.5 Å². The van der Waals surface area contributed by atoms with E-state index in [4.69, 9.17) is 15.2 Å². The van der Waals surface area contributed by atoms with Gasteiger partial charge in [0.15, 0.2) is 11.5 Å². The lowest BCUT2D eigenvalue weighted by Crippen LogP contribution is -2.16. The molecule has 2 aromatic carbocycles. The van der Waals surface area contributed by atoms with Crippen LogP contribution in [0.25, 0.3) is 6.08 Å². The number of fused-ring (bicyclic) bond motifs is 1. The fourth-order valence-electron chi connectivity index (χ4n) is 3.72. The minimum atomic E-state index is -0.500. The van der Waals surface area contributed by atoms with Crippen molar-refractivity contribution in [2.75, 3.05) is 12.4 Å². The van der Waals surface area contributed by atoms with E-state index in [1.807, 2.05) is 42.5 Å². The number of benzene rings is 2. The second-order valence-corrected chi connectivity index (χ2v) is 8.54. The molecule has 1 aliphatic carbocycles. The van der Waals surface area contributed by atoms with Crippen molar-refractivity contribution in [1.29, 1.82) is 0 Å². The van der Waals surface area contributed by atoms with Gasteiger partial charge in [-0.1, -0.05) is 36.4 Å². The van der Waals surface area contributed by atoms with E-state index in [0.717, 1.165) is 40.8 Å². The Kier molecular flexibility index (Phi) is 6.56. The largest absolute Gasteiger partial charge is 0.493 e. The second kappa shape index (κ2) is 9.70. The molecule has 1 aliphatic rings. The molecule has 3 N–H and O–H groups in total. The smallest absolute Gasteiger partial charge is 0.251 e. The van der Waals surface area contributed by atoms with Crippen LogP contribution in [0.2, 0.25) is 0 Å². The zero-order chi connectivity index (χ0) is 22.5. The number of anilines is 1. The van der Waals surface area contributed by atoms with Crippen LogP contribution >= 0.6 is 11.3 Å². The molecule has 3 aromatic rings. The van der Waals surface area contributed by atoms with Crippen LogP contribution in [-0.4, -0.2) is 18.9 Å². The quantitative estimate of drug-likeness (QED) is 0.494. The van der Waals surface area contributed by atoms with Gasteiger partial charge in [0, 0.05) is 11.0 Å². The zero-order valence-corrected chi connectivity index (χ0v) is 18.5. The first-order valence-electron chi connectivity index (χ1n) is 10.3. The molecule has 0 saturated carbocycles. The van der Waals surface area contributed by atoms with Crippen molar-refractivity contribution in [3.05, 3.63) is 81.7 Å². The van der Waals surface area contributed by atoms with Gasteiger partial charge in [0.1, 0.15) is 11.6 Å². The van der Waals surface area contributed by atoms with E-state index in [1.54, 1.807) is 19.3 Å². The molecular formula is C25H24N2O4S. The minimum absolute atomic E-state index is 0.323. The molecule has 0 saturated heterocycles. The summed E-state index contributed by atoms with van der Waals surface area (Å²) in [5.41, 5.74) is 8.83. The molecule has 6 nitrogen and oxygen atoms in total. The molecule has 0 bridgehead atoms. The number of carbonyl (C=O) groups is 2. The first-order chi connectivity index (χ1) is 15.5. The third-order valence-corrected chi connectivity index (χ3v) is 6.46. The lowest BCUT2D eigenvalue weighted by Gasteiger charge is -2.11. The summed E-state index contributed by atoms with van der Waals surface area (Å²) in [6.07, 6.45) is 5.88. The first kappa shape index (κ1) is 21.6. The summed E-state index contributed by atoms with van der Waals surface area (Å²) in [5, 5.41) is 3.33. The predicted molar refractivity (Wildman–Crippen MR) is 126 cm³/mol. The highest BCUT2D eigenvalue weighted by Crippen LogP contribution is 2.38. The Morgan fingerprint density at radius 2 is 1.94 bits per heavy atom. The van der Waals surface area contributed by atoms with E-state index in [-0.39, 0.29) is 5.91 Å². The SMILES string of the molecule is COc1cc(/C=C/C(=O)Nc2sc3c(c2C(N)=O)CCC3)ccc1OCc1ccccc1. The van der Waals surface area contributed by atoms with Gasteiger partial charge in [-0.05, 0) is 54.2 Å². The molecular weight excluding hydrogens is 424 g/mol. The van der Waals surface area contributed by atoms with Gasteiger partial charge in [0.05, 0.1) is 12.7 Å². The molecule has 1 aromatic heterocycles. The number of methoxy groups -OCH3 is 1. The number of nitrogens with one attached hydrogen (secondary N) is 1. The zero-order valence-electron chi connectivity index (χ0n) is 17.7. The number of thiophene rings is 1. The van der Waals surface area contributed by atoms with Crippen LogP contribution in [0.3, 0.4) is 0 Å². The van der Waals surface area contributed by atoms with Gasteiger partial charge in [-0.2, -0.15) is 0 Å². The number of primary amides is 1. The molecule has 0 unspecified atom stereocenters. The van der Waals surface area contributed by atoms with E-state index in [0.29, 0.717) is 28.7 Å². The Morgan fingerprint density at radius 1 is 1.12 bits per heavy atom. The van der Waals surface area contributed by atoms with E-state index in [2.05, 4.69) is 5.32 Å². The van der Waals surface area contributed by atoms with Gasteiger partial charge in [0.2, 0.25) is 5.91 Å². The van der Waals surface area contributed by atoms with Crippen LogP contribution in [0.1, 0.15) is 38.3 Å². The molecule has 0 aliphatic heterocycles. The average Bonchev–Trinajstić information content (AvgIpc) is 3.37. The number of amides is 2. The van der Waals surface area contributed by atoms with Crippen molar-refractivity contribution in [3.63, 3.8) is 0 Å². The van der Waals surface area contributed by atoms with Gasteiger partial charge >= 0.3 is 0 Å². The number of hydrogen-bond donors (Lipinski definition) is 2. The molecule has 0 radical (unpaired) electrons. The fraction of sp³-hybridized carbons (Fsp3) is 0.200.